The highest BCUT2D eigenvalue weighted by molar-refractivity contribution is 6.36. The van der Waals surface area contributed by atoms with Crippen molar-refractivity contribution in [3.05, 3.63) is 58.2 Å². The summed E-state index contributed by atoms with van der Waals surface area (Å²) in [4.78, 5) is 4.92. The first-order valence-electron chi connectivity index (χ1n) is 9.12. The molecule has 150 valence electrons. The molecule has 0 aliphatic carbocycles. The Balaban J connectivity index is 1.92. The minimum atomic E-state index is 0.401. The van der Waals surface area contributed by atoms with Gasteiger partial charge in [0.2, 0.25) is 0 Å². The lowest BCUT2D eigenvalue weighted by Crippen LogP contribution is -2.09. The van der Waals surface area contributed by atoms with Crippen LogP contribution in [-0.2, 0) is 4.74 Å². The van der Waals surface area contributed by atoms with E-state index in [0.29, 0.717) is 35.6 Å². The molecular weight excluding hydrogens is 392 g/mol. The topological polar surface area (TPSA) is 80.8 Å². The van der Waals surface area contributed by atoms with E-state index in [1.807, 2.05) is 43.3 Å². The van der Waals surface area contributed by atoms with E-state index in [-0.39, 0.29) is 0 Å². The molecule has 0 radical (unpaired) electrons. The molecular formula is C21H21ClN4O3. The number of fused-ring (bicyclic) bond motifs is 2. The minimum absolute atomic E-state index is 0.401. The third kappa shape index (κ3) is 3.66. The predicted octanol–water partition coefficient (Wildman–Crippen LogP) is 4.63. The average molecular weight is 413 g/mol. The van der Waals surface area contributed by atoms with Crippen LogP contribution in [0.25, 0.3) is 0 Å². The number of aromatic nitrogens is 2. The Morgan fingerprint density at radius 2 is 1.86 bits per heavy atom. The van der Waals surface area contributed by atoms with Crippen LogP contribution in [0.5, 0.6) is 11.5 Å². The molecule has 0 amide bonds. The molecule has 2 N–H and O–H groups in total. The van der Waals surface area contributed by atoms with Crippen molar-refractivity contribution in [3.63, 3.8) is 0 Å². The minimum Gasteiger partial charge on any atom is -0.493 e. The number of H-pyrrole nitrogens is 1. The Hall–Kier alpha value is -3.03. The fourth-order valence-corrected chi connectivity index (χ4v) is 3.40. The highest BCUT2D eigenvalue weighted by atomic mass is 35.5. The van der Waals surface area contributed by atoms with Crippen molar-refractivity contribution in [2.75, 3.05) is 32.8 Å². The maximum absolute atomic E-state index is 6.52. The third-order valence-corrected chi connectivity index (χ3v) is 4.95. The van der Waals surface area contributed by atoms with E-state index in [1.165, 1.54) is 0 Å². The van der Waals surface area contributed by atoms with Gasteiger partial charge >= 0.3 is 0 Å². The molecule has 0 atom stereocenters. The van der Waals surface area contributed by atoms with Gasteiger partial charge in [0.05, 0.1) is 30.8 Å². The molecule has 0 spiro atoms. The largest absolute Gasteiger partial charge is 0.493 e. The molecule has 3 aromatic rings. The number of nitrogens with zero attached hydrogens (tertiary/aromatic N) is 2. The highest BCUT2D eigenvalue weighted by Gasteiger charge is 2.24. The zero-order valence-corrected chi connectivity index (χ0v) is 17.1. The van der Waals surface area contributed by atoms with Crippen molar-refractivity contribution in [3.8, 4) is 11.5 Å². The van der Waals surface area contributed by atoms with Crippen LogP contribution in [0.4, 0.5) is 17.2 Å². The van der Waals surface area contributed by atoms with E-state index in [9.17, 15) is 0 Å². The summed E-state index contributed by atoms with van der Waals surface area (Å²) in [6.07, 6.45) is 0. The summed E-state index contributed by atoms with van der Waals surface area (Å²) >= 11 is 6.52. The van der Waals surface area contributed by atoms with Crippen molar-refractivity contribution in [2.24, 2.45) is 4.99 Å². The van der Waals surface area contributed by atoms with Crippen LogP contribution in [0.15, 0.2) is 41.4 Å². The lowest BCUT2D eigenvalue weighted by atomic mass is 9.99. The molecule has 7 nitrogen and oxygen atoms in total. The van der Waals surface area contributed by atoms with Crippen LogP contribution in [0.2, 0.25) is 5.02 Å². The number of halogens is 1. The van der Waals surface area contributed by atoms with Crippen LogP contribution in [0.3, 0.4) is 0 Å². The van der Waals surface area contributed by atoms with E-state index in [0.717, 1.165) is 33.9 Å². The molecule has 8 heteroatoms. The van der Waals surface area contributed by atoms with Gasteiger partial charge < -0.3 is 19.5 Å². The van der Waals surface area contributed by atoms with Gasteiger partial charge in [0, 0.05) is 29.3 Å². The number of ether oxygens (including phenoxy) is 3. The van der Waals surface area contributed by atoms with Gasteiger partial charge in [0.25, 0.3) is 0 Å². The van der Waals surface area contributed by atoms with Crippen molar-refractivity contribution in [2.45, 2.75) is 6.92 Å². The number of nitrogens with one attached hydrogen (secondary N) is 2. The summed E-state index contributed by atoms with van der Waals surface area (Å²) in [7, 11) is 3.24. The number of aromatic amines is 1. The lowest BCUT2D eigenvalue weighted by molar-refractivity contribution is 0.144. The van der Waals surface area contributed by atoms with E-state index in [1.54, 1.807) is 14.2 Å². The van der Waals surface area contributed by atoms with Gasteiger partial charge in [-0.2, -0.15) is 5.10 Å². The van der Waals surface area contributed by atoms with E-state index in [4.69, 9.17) is 30.8 Å². The third-order valence-electron chi connectivity index (χ3n) is 4.62. The van der Waals surface area contributed by atoms with Crippen molar-refractivity contribution in [1.29, 1.82) is 0 Å². The number of aryl methyl sites for hydroxylation is 1. The van der Waals surface area contributed by atoms with Crippen LogP contribution in [0, 0.1) is 6.92 Å². The maximum Gasteiger partial charge on any atom is 0.178 e. The molecule has 1 aromatic heterocycles. The maximum atomic E-state index is 6.52. The number of methoxy groups -OCH3 is 2. The molecule has 4 rings (SSSR count). The van der Waals surface area contributed by atoms with Gasteiger partial charge in [0.15, 0.2) is 17.3 Å². The molecule has 1 aliphatic rings. The Kier molecular flexibility index (Phi) is 5.42. The van der Waals surface area contributed by atoms with Gasteiger partial charge in [-0.05, 0) is 19.1 Å². The summed E-state index contributed by atoms with van der Waals surface area (Å²) in [5, 5.41) is 11.3. The number of hydrogen-bond donors (Lipinski definition) is 2. The molecule has 0 fully saturated rings. The highest BCUT2D eigenvalue weighted by Crippen LogP contribution is 2.41. The molecule has 0 unspecified atom stereocenters. The summed E-state index contributed by atoms with van der Waals surface area (Å²) in [6, 6.07) is 11.4. The number of hydrogen-bond acceptors (Lipinski definition) is 6. The molecule has 1 aliphatic heterocycles. The van der Waals surface area contributed by atoms with Gasteiger partial charge in [-0.25, -0.2) is 4.99 Å². The van der Waals surface area contributed by atoms with E-state index in [2.05, 4.69) is 15.5 Å². The van der Waals surface area contributed by atoms with Crippen molar-refractivity contribution in [1.82, 2.24) is 10.2 Å². The second-order valence-corrected chi connectivity index (χ2v) is 6.91. The molecule has 2 heterocycles. The van der Waals surface area contributed by atoms with Crippen LogP contribution < -0.4 is 14.8 Å². The second-order valence-electron chi connectivity index (χ2n) is 6.50. The lowest BCUT2D eigenvalue weighted by Gasteiger charge is -2.17. The summed E-state index contributed by atoms with van der Waals surface area (Å²) in [6.45, 7) is 2.80. The normalized spacial score (nSPS) is 12.3. The molecule has 29 heavy (non-hydrogen) atoms. The SMILES string of the molecule is COCCOc1cc2c(cc1OC)Nc1n[nH]c(C)c1N=C2c1ccccc1Cl. The number of rotatable bonds is 6. The summed E-state index contributed by atoms with van der Waals surface area (Å²) in [5.74, 6) is 1.84. The summed E-state index contributed by atoms with van der Waals surface area (Å²) in [5.41, 5.74) is 4.76. The Morgan fingerprint density at radius 3 is 2.62 bits per heavy atom. The first-order chi connectivity index (χ1) is 14.1. The molecule has 2 aromatic carbocycles. The number of aliphatic imine (C=N–C) groups is 1. The molecule has 0 saturated carbocycles. The van der Waals surface area contributed by atoms with Crippen LogP contribution in [-0.4, -0.2) is 43.3 Å². The standard InChI is InChI=1S/C21H21ClN4O3/c1-12-19-21(26-25-12)23-16-11-17(28-3)18(29-9-8-27-2)10-14(16)20(24-19)13-6-4-5-7-15(13)22/h4-7,10-11H,8-9H2,1-3H3,(H2,23,25,26). The smallest absolute Gasteiger partial charge is 0.178 e. The van der Waals surface area contributed by atoms with Crippen LogP contribution in [0.1, 0.15) is 16.8 Å². The first kappa shape index (κ1) is 19.3. The van der Waals surface area contributed by atoms with Gasteiger partial charge in [0.1, 0.15) is 12.3 Å². The fraction of sp³-hybridized carbons (Fsp3) is 0.238. The molecule has 0 bridgehead atoms. The van der Waals surface area contributed by atoms with Gasteiger partial charge in [-0.1, -0.05) is 29.8 Å². The average Bonchev–Trinajstić information content (AvgIpc) is 2.98. The van der Waals surface area contributed by atoms with Gasteiger partial charge in [-0.3, -0.25) is 5.10 Å². The van der Waals surface area contributed by atoms with E-state index < -0.39 is 0 Å². The van der Waals surface area contributed by atoms with Gasteiger partial charge in [-0.15, -0.1) is 0 Å². The van der Waals surface area contributed by atoms with Crippen LogP contribution >= 0.6 is 11.6 Å². The Bertz CT molecular complexity index is 1080. The monoisotopic (exact) mass is 412 g/mol. The molecule has 0 saturated heterocycles. The Labute approximate surface area is 173 Å². The first-order valence-corrected chi connectivity index (χ1v) is 9.50. The number of benzene rings is 2. The van der Waals surface area contributed by atoms with Crippen molar-refractivity contribution >= 4 is 34.5 Å². The zero-order chi connectivity index (χ0) is 20.4. The van der Waals surface area contributed by atoms with Crippen molar-refractivity contribution < 1.29 is 14.2 Å². The predicted molar refractivity (Wildman–Crippen MR) is 114 cm³/mol. The van der Waals surface area contributed by atoms with E-state index >= 15 is 0 Å². The summed E-state index contributed by atoms with van der Waals surface area (Å²) < 4.78 is 16.5. The second kappa shape index (κ2) is 8.14. The zero-order valence-electron chi connectivity index (χ0n) is 16.4. The number of anilines is 2. The Morgan fingerprint density at radius 1 is 1.03 bits per heavy atom. The quantitative estimate of drug-likeness (QED) is 0.451. The fourth-order valence-electron chi connectivity index (χ4n) is 3.17.